The highest BCUT2D eigenvalue weighted by Crippen LogP contribution is 2.38. The van der Waals surface area contributed by atoms with Crippen LogP contribution in [0.25, 0.3) is 0 Å². The summed E-state index contributed by atoms with van der Waals surface area (Å²) in [6.45, 7) is -2.54. The largest absolute Gasteiger partial charge is 0.509 e. The number of hydrogen-bond donors (Lipinski definition) is 1. The lowest BCUT2D eigenvalue weighted by Gasteiger charge is -2.21. The third-order valence-corrected chi connectivity index (χ3v) is 8.42. The first-order chi connectivity index (χ1) is 21.9. The van der Waals surface area contributed by atoms with Crippen LogP contribution in [0.5, 0.6) is 17.2 Å². The minimum atomic E-state index is -3.56. The number of aromatic nitrogens is 1. The lowest BCUT2D eigenvalue weighted by molar-refractivity contribution is -0.0515. The monoisotopic (exact) mass is 700 g/mol. The van der Waals surface area contributed by atoms with E-state index in [1.54, 1.807) is 12.1 Å². The smallest absolute Gasteiger partial charge is 0.491 e. The Kier molecular flexibility index (Phi) is 11.0. The van der Waals surface area contributed by atoms with Gasteiger partial charge in [0.15, 0.2) is 11.5 Å². The molecule has 248 valence electrons. The molecule has 1 heterocycles. The first kappa shape index (κ1) is 33.8. The average molecular weight is 702 g/mol. The van der Waals surface area contributed by atoms with Crippen LogP contribution in [-0.2, 0) is 32.5 Å². The van der Waals surface area contributed by atoms with Crippen molar-refractivity contribution >= 4 is 45.1 Å². The van der Waals surface area contributed by atoms with Gasteiger partial charge < -0.3 is 23.7 Å². The fraction of sp³-hybridized carbons (Fsp3) is 0.419. The Labute approximate surface area is 275 Å². The Morgan fingerprint density at radius 3 is 2.22 bits per heavy atom. The summed E-state index contributed by atoms with van der Waals surface area (Å²) in [5, 5.41) is 0.470. The zero-order chi connectivity index (χ0) is 32.8. The summed E-state index contributed by atoms with van der Waals surface area (Å²) in [5.74, 6) is 0.956. The van der Waals surface area contributed by atoms with Crippen LogP contribution in [0.1, 0.15) is 48.5 Å². The highest BCUT2D eigenvalue weighted by atomic mass is 35.5. The molecule has 0 bridgehead atoms. The molecule has 0 spiro atoms. The van der Waals surface area contributed by atoms with E-state index >= 15 is 0 Å². The molecular weight excluding hydrogens is 669 g/mol. The second-order valence-corrected chi connectivity index (χ2v) is 13.8. The van der Waals surface area contributed by atoms with Crippen LogP contribution in [0.3, 0.4) is 0 Å². The van der Waals surface area contributed by atoms with Crippen LogP contribution in [0.2, 0.25) is 10.0 Å². The second-order valence-electron chi connectivity index (χ2n) is 11.2. The maximum atomic E-state index is 13.1. The van der Waals surface area contributed by atoms with Crippen molar-refractivity contribution in [2.24, 2.45) is 11.8 Å². The van der Waals surface area contributed by atoms with Gasteiger partial charge in [0, 0.05) is 18.8 Å². The van der Waals surface area contributed by atoms with Crippen molar-refractivity contribution in [3.63, 3.8) is 0 Å². The third-order valence-electron chi connectivity index (χ3n) is 7.18. The Hall–Kier alpha value is -3.55. The van der Waals surface area contributed by atoms with Crippen molar-refractivity contribution < 1.29 is 45.7 Å². The molecule has 10 nitrogen and oxygen atoms in total. The minimum Gasteiger partial charge on any atom is -0.491 e. The molecule has 2 saturated carbocycles. The van der Waals surface area contributed by atoms with Gasteiger partial charge in [-0.3, -0.25) is 9.71 Å². The van der Waals surface area contributed by atoms with E-state index < -0.39 is 28.9 Å². The summed E-state index contributed by atoms with van der Waals surface area (Å²) in [7, 11) is -3.56. The van der Waals surface area contributed by atoms with E-state index in [2.05, 4.69) is 14.4 Å². The van der Waals surface area contributed by atoms with Crippen LogP contribution in [0, 0.1) is 11.8 Å². The number of hydrogen-bond acceptors (Lipinski definition) is 9. The quantitative estimate of drug-likeness (QED) is 0.151. The summed E-state index contributed by atoms with van der Waals surface area (Å²) >= 11 is 12.7. The van der Waals surface area contributed by atoms with Crippen molar-refractivity contribution in [2.45, 2.75) is 51.4 Å². The second kappa shape index (κ2) is 14.9. The standard InChI is InChI=1S/C31H32Cl2F2N2O8S/c1-46(39,40)37-25-8-6-20(10-28(25)41-15-18-2-3-18)17-43-31(38)45-27(12-22-23(32)13-36-14-24(22)33)21-7-9-26(44-30(34)35)29(11-21)42-16-19-4-5-19/h6-11,13-14,18-19,27,30,37H,2-5,12,15-17H2,1H3/t27-/m0/s1. The minimum absolute atomic E-state index is 0.00256. The van der Waals surface area contributed by atoms with Gasteiger partial charge in [0.2, 0.25) is 10.0 Å². The maximum absolute atomic E-state index is 13.1. The topological polar surface area (TPSA) is 122 Å². The first-order valence-corrected chi connectivity index (χ1v) is 17.1. The first-order valence-electron chi connectivity index (χ1n) is 14.5. The molecule has 1 N–H and O–H groups in total. The number of anilines is 1. The molecular formula is C31H32Cl2F2N2O8S. The number of carbonyl (C=O) groups is 1. The lowest BCUT2D eigenvalue weighted by atomic mass is 10.0. The van der Waals surface area contributed by atoms with Gasteiger partial charge in [-0.2, -0.15) is 8.78 Å². The summed E-state index contributed by atoms with van der Waals surface area (Å²) in [5.41, 5.74) is 1.61. The number of benzene rings is 2. The number of halogens is 4. The molecule has 2 aliphatic rings. The van der Waals surface area contributed by atoms with Gasteiger partial charge >= 0.3 is 12.8 Å². The lowest BCUT2D eigenvalue weighted by Crippen LogP contribution is -2.16. The van der Waals surface area contributed by atoms with Gasteiger partial charge in [0.25, 0.3) is 0 Å². The van der Waals surface area contributed by atoms with Gasteiger partial charge in [-0.1, -0.05) is 35.3 Å². The molecule has 0 aliphatic heterocycles. The Bertz CT molecular complexity index is 1640. The number of ether oxygens (including phenoxy) is 5. The zero-order valence-corrected chi connectivity index (χ0v) is 27.0. The Morgan fingerprint density at radius 2 is 1.61 bits per heavy atom. The van der Waals surface area contributed by atoms with E-state index in [1.807, 2.05) is 0 Å². The molecule has 15 heteroatoms. The molecule has 2 fully saturated rings. The Morgan fingerprint density at radius 1 is 0.957 bits per heavy atom. The molecule has 1 aromatic heterocycles. The average Bonchev–Trinajstić information content (AvgIpc) is 3.92. The molecule has 0 amide bonds. The molecule has 0 radical (unpaired) electrons. The maximum Gasteiger partial charge on any atom is 0.509 e. The normalized spacial score (nSPS) is 15.3. The Balaban J connectivity index is 1.34. The van der Waals surface area contributed by atoms with E-state index in [9.17, 15) is 22.0 Å². The van der Waals surface area contributed by atoms with Gasteiger partial charge in [0.1, 0.15) is 18.5 Å². The van der Waals surface area contributed by atoms with Crippen LogP contribution in [0.4, 0.5) is 19.3 Å². The zero-order valence-electron chi connectivity index (χ0n) is 24.7. The molecule has 2 aliphatic carbocycles. The predicted molar refractivity (Wildman–Crippen MR) is 166 cm³/mol. The van der Waals surface area contributed by atoms with Crippen molar-refractivity contribution in [3.05, 3.63) is 75.5 Å². The van der Waals surface area contributed by atoms with Crippen LogP contribution in [0.15, 0.2) is 48.8 Å². The number of rotatable bonds is 16. The van der Waals surface area contributed by atoms with E-state index in [0.717, 1.165) is 31.9 Å². The number of nitrogens with zero attached hydrogens (tertiary/aromatic N) is 1. The molecule has 1 atom stereocenters. The molecule has 0 saturated heterocycles. The molecule has 3 aromatic rings. The van der Waals surface area contributed by atoms with Gasteiger partial charge in [-0.15, -0.1) is 0 Å². The number of sulfonamides is 1. The van der Waals surface area contributed by atoms with Crippen LogP contribution >= 0.6 is 23.2 Å². The van der Waals surface area contributed by atoms with E-state index in [4.69, 9.17) is 42.1 Å². The van der Waals surface area contributed by atoms with Crippen LogP contribution in [-0.4, -0.2) is 45.6 Å². The number of nitrogens with one attached hydrogen (secondary N) is 1. The fourth-order valence-electron chi connectivity index (χ4n) is 4.41. The summed E-state index contributed by atoms with van der Waals surface area (Å²) < 4.78 is 79.8. The SMILES string of the molecule is CS(=O)(=O)Nc1ccc(COC(=O)O[C@@H](Cc2c(Cl)cncc2Cl)c2ccc(OC(F)F)c(OCC3CC3)c2)cc1OCC1CC1. The van der Waals surface area contributed by atoms with Crippen molar-refractivity contribution in [1.29, 1.82) is 0 Å². The van der Waals surface area contributed by atoms with Gasteiger partial charge in [0.05, 0.1) is 35.2 Å². The van der Waals surface area contributed by atoms with E-state index in [0.29, 0.717) is 47.5 Å². The molecule has 46 heavy (non-hydrogen) atoms. The summed E-state index contributed by atoms with van der Waals surface area (Å²) in [4.78, 5) is 17.0. The molecule has 2 aromatic carbocycles. The number of pyridine rings is 1. The highest BCUT2D eigenvalue weighted by Gasteiger charge is 2.27. The predicted octanol–water partition coefficient (Wildman–Crippen LogP) is 7.58. The third kappa shape index (κ3) is 10.2. The fourth-order valence-corrected chi connectivity index (χ4v) is 5.50. The summed E-state index contributed by atoms with van der Waals surface area (Å²) in [6.07, 6.45) is 5.78. The highest BCUT2D eigenvalue weighted by molar-refractivity contribution is 7.92. The molecule has 5 rings (SSSR count). The number of alkyl halides is 2. The van der Waals surface area contributed by atoms with Crippen LogP contribution < -0.4 is 18.9 Å². The molecule has 0 unspecified atom stereocenters. The van der Waals surface area contributed by atoms with Crippen molar-refractivity contribution in [1.82, 2.24) is 4.98 Å². The summed E-state index contributed by atoms with van der Waals surface area (Å²) in [6, 6.07) is 8.95. The van der Waals surface area contributed by atoms with Gasteiger partial charge in [-0.05, 0) is 78.5 Å². The van der Waals surface area contributed by atoms with E-state index in [1.165, 1.54) is 36.7 Å². The van der Waals surface area contributed by atoms with E-state index in [-0.39, 0.29) is 40.3 Å². The van der Waals surface area contributed by atoms with Crippen molar-refractivity contribution in [3.8, 4) is 17.2 Å². The van der Waals surface area contributed by atoms with Crippen molar-refractivity contribution in [2.75, 3.05) is 24.2 Å². The van der Waals surface area contributed by atoms with Gasteiger partial charge in [-0.25, -0.2) is 13.2 Å². The number of carbonyl (C=O) groups excluding carboxylic acids is 1.